The average molecular weight is 901 g/mol. The van der Waals surface area contributed by atoms with E-state index >= 15 is 0 Å². The summed E-state index contributed by atoms with van der Waals surface area (Å²) in [6, 6.07) is 0. The van der Waals surface area contributed by atoms with E-state index in [4.69, 9.17) is 37.9 Å². The lowest BCUT2D eigenvalue weighted by atomic mass is 9.47. The molecule has 0 bridgehead atoms. The first-order valence-electron chi connectivity index (χ1n) is 23.5. The molecule has 360 valence electrons. The van der Waals surface area contributed by atoms with Crippen LogP contribution in [0.5, 0.6) is 0 Å². The molecule has 18 nitrogen and oxygen atoms in total. The van der Waals surface area contributed by atoms with Gasteiger partial charge in [-0.15, -0.1) is 0 Å². The Bertz CT molecular complexity index is 1630. The van der Waals surface area contributed by atoms with Gasteiger partial charge >= 0.3 is 0 Å². The molecule has 18 heteroatoms. The molecule has 8 fully saturated rings. The summed E-state index contributed by atoms with van der Waals surface area (Å²) in [5.41, 5.74) is 1.36. The molecular formula is C45H72O18. The minimum Gasteiger partial charge on any atom is -0.396 e. The highest BCUT2D eigenvalue weighted by atomic mass is 16.8. The van der Waals surface area contributed by atoms with E-state index in [2.05, 4.69) is 26.8 Å². The lowest BCUT2D eigenvalue weighted by Crippen LogP contribution is -2.67. The number of ether oxygens (including phenoxy) is 8. The number of fused-ring (bicyclic) bond motifs is 7. The molecule has 0 radical (unpaired) electrons. The van der Waals surface area contributed by atoms with Crippen LogP contribution in [0.2, 0.25) is 0 Å². The highest BCUT2D eigenvalue weighted by molar-refractivity contribution is 5.26. The van der Waals surface area contributed by atoms with Gasteiger partial charge in [0.15, 0.2) is 24.7 Å². The summed E-state index contributed by atoms with van der Waals surface area (Å²) in [6.45, 7) is 7.95. The van der Waals surface area contributed by atoms with Crippen LogP contribution < -0.4 is 0 Å². The second-order valence-electron chi connectivity index (χ2n) is 21.0. The lowest BCUT2D eigenvalue weighted by molar-refractivity contribution is -0.394. The SMILES string of the molecule is C[C@@H]1O[C@@H](O[C@H]2[C@H](O[C@H]3CC[C@@]4(C)C(=CCC5C4CC[C@@]4(C)C5CC5O[C@]6(CC[C@@H](CO)CO6)[C@@H](C)[C@@H]54)C3)O[C@H](CO)[C@@H](O)[C@@H]2O[C@@H]2O[C@H](CO)[C@@H](O)[C@H](O)[C@H]2O)[C@H](O)[C@H](O)[C@H]1O. The number of hydrogen-bond donors (Lipinski definition) is 10. The Labute approximate surface area is 368 Å². The van der Waals surface area contributed by atoms with Crippen molar-refractivity contribution < 1.29 is 89.0 Å². The molecule has 9 rings (SSSR count). The van der Waals surface area contributed by atoms with Crippen LogP contribution in [-0.4, -0.2) is 188 Å². The van der Waals surface area contributed by atoms with Crippen LogP contribution in [0.1, 0.15) is 85.5 Å². The van der Waals surface area contributed by atoms with Gasteiger partial charge in [0.1, 0.15) is 67.1 Å². The number of aliphatic hydroxyl groups excluding tert-OH is 10. The molecule has 1 spiro atoms. The second kappa shape index (κ2) is 17.8. The van der Waals surface area contributed by atoms with Crippen LogP contribution in [0.4, 0.5) is 0 Å². The monoisotopic (exact) mass is 900 g/mol. The summed E-state index contributed by atoms with van der Waals surface area (Å²) in [4.78, 5) is 0. The Kier molecular flexibility index (Phi) is 13.3. The molecule has 9 aliphatic rings. The van der Waals surface area contributed by atoms with Crippen molar-refractivity contribution in [1.29, 1.82) is 0 Å². The van der Waals surface area contributed by atoms with E-state index in [1.165, 1.54) is 12.5 Å². The summed E-state index contributed by atoms with van der Waals surface area (Å²) in [5, 5.41) is 106. The first kappa shape index (κ1) is 47.1. The normalized spacial score (nSPS) is 56.9. The van der Waals surface area contributed by atoms with Crippen LogP contribution in [-0.2, 0) is 37.9 Å². The predicted octanol–water partition coefficient (Wildman–Crippen LogP) is -0.813. The van der Waals surface area contributed by atoms with E-state index in [0.717, 1.165) is 44.9 Å². The molecule has 0 aromatic heterocycles. The quantitative estimate of drug-likeness (QED) is 0.127. The maximum Gasteiger partial charge on any atom is 0.187 e. The third-order valence-corrected chi connectivity index (χ3v) is 17.8. The molecule has 5 heterocycles. The van der Waals surface area contributed by atoms with Crippen LogP contribution >= 0.6 is 0 Å². The molecule has 4 unspecified atom stereocenters. The molecule has 3 saturated carbocycles. The van der Waals surface area contributed by atoms with Gasteiger partial charge in [-0.25, -0.2) is 0 Å². The molecule has 4 aliphatic carbocycles. The highest BCUT2D eigenvalue weighted by Gasteiger charge is 2.69. The van der Waals surface area contributed by atoms with Gasteiger partial charge in [-0.1, -0.05) is 32.4 Å². The molecule has 0 amide bonds. The van der Waals surface area contributed by atoms with Crippen molar-refractivity contribution in [2.75, 3.05) is 26.4 Å². The van der Waals surface area contributed by atoms with Crippen molar-refractivity contribution in [3.63, 3.8) is 0 Å². The summed E-state index contributed by atoms with van der Waals surface area (Å²) in [5.74, 6) is 1.77. The predicted molar refractivity (Wildman–Crippen MR) is 216 cm³/mol. The van der Waals surface area contributed by atoms with Crippen molar-refractivity contribution in [2.45, 2.75) is 196 Å². The minimum atomic E-state index is -1.85. The van der Waals surface area contributed by atoms with Crippen molar-refractivity contribution in [2.24, 2.45) is 46.3 Å². The summed E-state index contributed by atoms with van der Waals surface area (Å²) >= 11 is 0. The van der Waals surface area contributed by atoms with Crippen LogP contribution in [0.3, 0.4) is 0 Å². The summed E-state index contributed by atoms with van der Waals surface area (Å²) in [7, 11) is 0. The largest absolute Gasteiger partial charge is 0.396 e. The van der Waals surface area contributed by atoms with E-state index in [1.54, 1.807) is 0 Å². The van der Waals surface area contributed by atoms with Crippen molar-refractivity contribution in [3.8, 4) is 0 Å². The topological polar surface area (TPSA) is 276 Å². The Morgan fingerprint density at radius 2 is 1.33 bits per heavy atom. The number of aliphatic hydroxyl groups is 10. The fraction of sp³-hybridized carbons (Fsp3) is 0.956. The van der Waals surface area contributed by atoms with E-state index in [-0.39, 0.29) is 35.4 Å². The number of rotatable bonds is 9. The van der Waals surface area contributed by atoms with Gasteiger partial charge in [-0.3, -0.25) is 0 Å². The molecule has 63 heavy (non-hydrogen) atoms. The maximum atomic E-state index is 11.6. The standard InChI is InChI=1S/C45H72O18/c1-19-30-27(63-45(19)12-7-21(15-46)18-56-45)14-26-24-6-5-22-13-23(8-10-43(22,3)25(24)9-11-44(26,30)4)58-42-39(62-40-36(54)34(52)31(49)20(2)57-40)38(33(51)29(17-48)60-42)61-41-37(55)35(53)32(50)28(16-47)59-41/h5,19-21,23-42,46-55H,6-18H2,1-4H3/t19-,20-,21-,23-,24?,25?,26?,27?,28+,29+,30-,31-,32+,33+,34+,35-,36+,37+,38-,39+,40-,41-,42+,43-,44-,45+/m0/s1. The van der Waals surface area contributed by atoms with E-state index in [9.17, 15) is 51.1 Å². The third-order valence-electron chi connectivity index (χ3n) is 17.8. The first-order chi connectivity index (χ1) is 30.0. The molecule has 26 atom stereocenters. The second-order valence-corrected chi connectivity index (χ2v) is 21.0. The first-order valence-corrected chi connectivity index (χ1v) is 23.5. The maximum absolute atomic E-state index is 11.6. The van der Waals surface area contributed by atoms with Crippen LogP contribution in [0, 0.1) is 46.3 Å². The zero-order valence-corrected chi connectivity index (χ0v) is 36.8. The number of hydrogen-bond acceptors (Lipinski definition) is 18. The van der Waals surface area contributed by atoms with Gasteiger partial charge in [0.25, 0.3) is 0 Å². The number of allylic oxidation sites excluding steroid dienone is 1. The van der Waals surface area contributed by atoms with E-state index in [1.807, 2.05) is 0 Å². The minimum absolute atomic E-state index is 0.0731. The fourth-order valence-corrected chi connectivity index (χ4v) is 14.1. The van der Waals surface area contributed by atoms with Gasteiger partial charge < -0.3 is 89.0 Å². The van der Waals surface area contributed by atoms with Crippen LogP contribution in [0.15, 0.2) is 11.6 Å². The molecule has 5 aliphatic heterocycles. The Balaban J connectivity index is 0.934. The molecule has 0 aromatic rings. The van der Waals surface area contributed by atoms with E-state index < -0.39 is 117 Å². The Morgan fingerprint density at radius 1 is 0.667 bits per heavy atom. The zero-order chi connectivity index (χ0) is 44.9. The van der Waals surface area contributed by atoms with Gasteiger partial charge in [0.2, 0.25) is 0 Å². The molecule has 0 aromatic carbocycles. The van der Waals surface area contributed by atoms with Gasteiger partial charge in [0, 0.05) is 24.9 Å². The van der Waals surface area contributed by atoms with Crippen molar-refractivity contribution >= 4 is 0 Å². The summed E-state index contributed by atoms with van der Waals surface area (Å²) in [6.07, 6.45) is -13.2. The molecule has 5 saturated heterocycles. The fourth-order valence-electron chi connectivity index (χ4n) is 14.1. The van der Waals surface area contributed by atoms with Gasteiger partial charge in [-0.2, -0.15) is 0 Å². The van der Waals surface area contributed by atoms with Crippen LogP contribution in [0.25, 0.3) is 0 Å². The molecular weight excluding hydrogens is 828 g/mol. The average Bonchev–Trinajstić information content (AvgIpc) is 3.72. The lowest BCUT2D eigenvalue weighted by Gasteiger charge is -2.59. The Hall–Kier alpha value is -0.980. The summed E-state index contributed by atoms with van der Waals surface area (Å²) < 4.78 is 50.1. The molecule has 10 N–H and O–H groups in total. The highest BCUT2D eigenvalue weighted by Crippen LogP contribution is 2.70. The van der Waals surface area contributed by atoms with Crippen molar-refractivity contribution in [3.05, 3.63) is 11.6 Å². The van der Waals surface area contributed by atoms with Gasteiger partial charge in [0.05, 0.1) is 38.1 Å². The van der Waals surface area contributed by atoms with Gasteiger partial charge in [-0.05, 0) is 92.8 Å². The zero-order valence-electron chi connectivity index (χ0n) is 36.8. The Morgan fingerprint density at radius 3 is 2.02 bits per heavy atom. The van der Waals surface area contributed by atoms with Crippen molar-refractivity contribution in [1.82, 2.24) is 0 Å². The van der Waals surface area contributed by atoms with E-state index in [0.29, 0.717) is 43.1 Å². The third kappa shape index (κ3) is 7.81. The smallest absolute Gasteiger partial charge is 0.187 e.